The zero-order valence-electron chi connectivity index (χ0n) is 15.9. The number of hydrogen-bond donors (Lipinski definition) is 2. The molecule has 0 saturated carbocycles. The van der Waals surface area contributed by atoms with Crippen LogP contribution in [0.2, 0.25) is 0 Å². The predicted molar refractivity (Wildman–Crippen MR) is 115 cm³/mol. The van der Waals surface area contributed by atoms with E-state index in [4.69, 9.17) is 4.74 Å². The Labute approximate surface area is 168 Å². The summed E-state index contributed by atoms with van der Waals surface area (Å²) in [5.74, 6) is 1.06. The number of pyridine rings is 2. The van der Waals surface area contributed by atoms with E-state index in [1.165, 1.54) is 0 Å². The lowest BCUT2D eigenvalue weighted by Crippen LogP contribution is -2.13. The van der Waals surface area contributed by atoms with Gasteiger partial charge in [0.1, 0.15) is 11.6 Å². The maximum atomic E-state index is 12.8. The van der Waals surface area contributed by atoms with Gasteiger partial charge in [0.2, 0.25) is 0 Å². The molecule has 144 valence electrons. The molecule has 0 saturated heterocycles. The molecule has 2 aromatic heterocycles. The summed E-state index contributed by atoms with van der Waals surface area (Å²) < 4.78 is 5.63. The van der Waals surface area contributed by atoms with Crippen LogP contribution in [-0.2, 0) is 0 Å². The Kier molecular flexibility index (Phi) is 5.33. The first kappa shape index (κ1) is 18.4. The zero-order chi connectivity index (χ0) is 20.1. The number of carbonyl (C=O) groups excluding carboxylic acids is 1. The fraction of sp³-hybridized carbons (Fsp3) is 0.0870. The SMILES string of the molecule is CCOc1ccccc1Nc1cc(C(=O)Nc2cccc3cccnc23)ccn1. The van der Waals surface area contributed by atoms with E-state index in [0.29, 0.717) is 23.7 Å². The van der Waals surface area contributed by atoms with Crippen molar-refractivity contribution in [3.63, 3.8) is 0 Å². The van der Waals surface area contributed by atoms with Crippen LogP contribution in [-0.4, -0.2) is 22.5 Å². The number of ether oxygens (including phenoxy) is 1. The molecule has 0 atom stereocenters. The van der Waals surface area contributed by atoms with Gasteiger partial charge in [-0.15, -0.1) is 0 Å². The summed E-state index contributed by atoms with van der Waals surface area (Å²) in [5.41, 5.74) is 2.70. The number of nitrogens with zero attached hydrogens (tertiary/aromatic N) is 2. The van der Waals surface area contributed by atoms with E-state index in [-0.39, 0.29) is 5.91 Å². The second-order valence-electron chi connectivity index (χ2n) is 6.32. The van der Waals surface area contributed by atoms with Crippen molar-refractivity contribution in [3.8, 4) is 5.75 Å². The first-order valence-corrected chi connectivity index (χ1v) is 9.34. The average Bonchev–Trinajstić information content (AvgIpc) is 2.76. The molecular weight excluding hydrogens is 364 g/mol. The van der Waals surface area contributed by atoms with E-state index in [9.17, 15) is 4.79 Å². The molecule has 0 unspecified atom stereocenters. The number of benzene rings is 2. The molecule has 1 amide bonds. The molecular formula is C23H20N4O2. The number of para-hydroxylation sites is 3. The highest BCUT2D eigenvalue weighted by atomic mass is 16.5. The molecule has 4 rings (SSSR count). The van der Waals surface area contributed by atoms with E-state index in [2.05, 4.69) is 20.6 Å². The van der Waals surface area contributed by atoms with Gasteiger partial charge in [0, 0.05) is 23.3 Å². The highest BCUT2D eigenvalue weighted by Crippen LogP contribution is 2.27. The van der Waals surface area contributed by atoms with Crippen LogP contribution in [0.4, 0.5) is 17.2 Å². The normalized spacial score (nSPS) is 10.5. The fourth-order valence-electron chi connectivity index (χ4n) is 3.03. The van der Waals surface area contributed by atoms with E-state index in [1.54, 1.807) is 24.5 Å². The summed E-state index contributed by atoms with van der Waals surface area (Å²) in [6, 6.07) is 20.5. The number of amides is 1. The molecule has 0 aliphatic rings. The molecule has 0 radical (unpaired) electrons. The first-order chi connectivity index (χ1) is 14.2. The van der Waals surface area contributed by atoms with Crippen LogP contribution in [0.15, 0.2) is 79.1 Å². The minimum Gasteiger partial charge on any atom is -0.492 e. The van der Waals surface area contributed by atoms with Crippen molar-refractivity contribution in [2.75, 3.05) is 17.2 Å². The third kappa shape index (κ3) is 4.16. The number of fused-ring (bicyclic) bond motifs is 1. The summed E-state index contributed by atoms with van der Waals surface area (Å²) in [6.45, 7) is 2.50. The van der Waals surface area contributed by atoms with Gasteiger partial charge in [0.25, 0.3) is 5.91 Å². The third-order valence-electron chi connectivity index (χ3n) is 4.35. The monoisotopic (exact) mass is 384 g/mol. The molecule has 0 aliphatic heterocycles. The molecule has 0 fully saturated rings. The van der Waals surface area contributed by atoms with Gasteiger partial charge in [-0.1, -0.05) is 30.3 Å². The quantitative estimate of drug-likeness (QED) is 0.488. The summed E-state index contributed by atoms with van der Waals surface area (Å²) in [4.78, 5) is 21.5. The molecule has 2 heterocycles. The largest absolute Gasteiger partial charge is 0.492 e. The Balaban J connectivity index is 1.56. The summed E-state index contributed by atoms with van der Waals surface area (Å²) in [7, 11) is 0. The molecule has 0 bridgehead atoms. The lowest BCUT2D eigenvalue weighted by atomic mass is 10.1. The van der Waals surface area contributed by atoms with E-state index >= 15 is 0 Å². The highest BCUT2D eigenvalue weighted by Gasteiger charge is 2.11. The molecule has 4 aromatic rings. The van der Waals surface area contributed by atoms with Gasteiger partial charge in [-0.05, 0) is 43.3 Å². The minimum atomic E-state index is -0.230. The predicted octanol–water partition coefficient (Wildman–Crippen LogP) is 5.02. The van der Waals surface area contributed by atoms with Crippen molar-refractivity contribution < 1.29 is 9.53 Å². The molecule has 2 aromatic carbocycles. The second kappa shape index (κ2) is 8.39. The van der Waals surface area contributed by atoms with Crippen molar-refractivity contribution >= 4 is 34.0 Å². The van der Waals surface area contributed by atoms with Crippen LogP contribution in [0, 0.1) is 0 Å². The maximum Gasteiger partial charge on any atom is 0.255 e. The van der Waals surface area contributed by atoms with Crippen molar-refractivity contribution in [2.45, 2.75) is 6.92 Å². The first-order valence-electron chi connectivity index (χ1n) is 9.34. The third-order valence-corrected chi connectivity index (χ3v) is 4.35. The topological polar surface area (TPSA) is 76.1 Å². The standard InChI is InChI=1S/C23H20N4O2/c1-2-29-20-11-4-3-9-18(20)26-21-15-17(12-14-24-21)23(28)27-19-10-5-7-16-8-6-13-25-22(16)19/h3-15H,2H2,1H3,(H,24,26)(H,27,28). The van der Waals surface area contributed by atoms with Gasteiger partial charge >= 0.3 is 0 Å². The van der Waals surface area contributed by atoms with Crippen molar-refractivity contribution in [3.05, 3.63) is 84.7 Å². The lowest BCUT2D eigenvalue weighted by Gasteiger charge is -2.12. The Morgan fingerprint density at radius 1 is 0.931 bits per heavy atom. The van der Waals surface area contributed by atoms with Gasteiger partial charge in [-0.2, -0.15) is 0 Å². The Morgan fingerprint density at radius 2 is 1.76 bits per heavy atom. The molecule has 0 aliphatic carbocycles. The van der Waals surface area contributed by atoms with Crippen LogP contribution in [0.1, 0.15) is 17.3 Å². The number of anilines is 3. The minimum absolute atomic E-state index is 0.230. The Hall–Kier alpha value is -3.93. The van der Waals surface area contributed by atoms with Crippen LogP contribution in [0.3, 0.4) is 0 Å². The fourth-order valence-corrected chi connectivity index (χ4v) is 3.03. The van der Waals surface area contributed by atoms with Crippen LogP contribution in [0.25, 0.3) is 10.9 Å². The Morgan fingerprint density at radius 3 is 2.66 bits per heavy atom. The number of hydrogen-bond acceptors (Lipinski definition) is 5. The lowest BCUT2D eigenvalue weighted by molar-refractivity contribution is 0.102. The number of nitrogens with one attached hydrogen (secondary N) is 2. The van der Waals surface area contributed by atoms with E-state index in [1.807, 2.05) is 61.5 Å². The van der Waals surface area contributed by atoms with Gasteiger partial charge in [-0.3, -0.25) is 9.78 Å². The van der Waals surface area contributed by atoms with E-state index in [0.717, 1.165) is 22.3 Å². The molecule has 2 N–H and O–H groups in total. The zero-order valence-corrected chi connectivity index (χ0v) is 15.9. The molecule has 6 nitrogen and oxygen atoms in total. The molecule has 0 spiro atoms. The van der Waals surface area contributed by atoms with Crippen LogP contribution in [0.5, 0.6) is 5.75 Å². The highest BCUT2D eigenvalue weighted by molar-refractivity contribution is 6.08. The summed E-state index contributed by atoms with van der Waals surface area (Å²) in [6.07, 6.45) is 3.31. The maximum absolute atomic E-state index is 12.8. The van der Waals surface area contributed by atoms with Crippen molar-refractivity contribution in [1.82, 2.24) is 9.97 Å². The van der Waals surface area contributed by atoms with Crippen molar-refractivity contribution in [1.29, 1.82) is 0 Å². The second-order valence-corrected chi connectivity index (χ2v) is 6.32. The van der Waals surface area contributed by atoms with Gasteiger partial charge in [0.05, 0.1) is 23.5 Å². The number of carbonyl (C=O) groups is 1. The number of rotatable bonds is 6. The van der Waals surface area contributed by atoms with Crippen molar-refractivity contribution in [2.24, 2.45) is 0 Å². The van der Waals surface area contributed by atoms with Crippen LogP contribution < -0.4 is 15.4 Å². The summed E-state index contributed by atoms with van der Waals surface area (Å²) >= 11 is 0. The smallest absolute Gasteiger partial charge is 0.255 e. The van der Waals surface area contributed by atoms with Gasteiger partial charge in [0.15, 0.2) is 0 Å². The van der Waals surface area contributed by atoms with Gasteiger partial charge < -0.3 is 15.4 Å². The Bertz CT molecular complexity index is 1150. The van der Waals surface area contributed by atoms with Crippen LogP contribution >= 0.6 is 0 Å². The summed E-state index contributed by atoms with van der Waals surface area (Å²) in [5, 5.41) is 7.13. The molecule has 6 heteroatoms. The van der Waals surface area contributed by atoms with E-state index < -0.39 is 0 Å². The number of aromatic nitrogens is 2. The van der Waals surface area contributed by atoms with Gasteiger partial charge in [-0.25, -0.2) is 4.98 Å². The average molecular weight is 384 g/mol. The molecule has 29 heavy (non-hydrogen) atoms.